The van der Waals surface area contributed by atoms with Gasteiger partial charge in [0.15, 0.2) is 0 Å². The second-order valence-electron chi connectivity index (χ2n) is 5.96. The van der Waals surface area contributed by atoms with E-state index in [0.717, 1.165) is 7.11 Å². The van der Waals surface area contributed by atoms with Crippen molar-refractivity contribution in [3.8, 4) is 5.75 Å². The molecule has 0 unspecified atom stereocenters. The zero-order valence-corrected chi connectivity index (χ0v) is 15.4. The molecule has 0 saturated carbocycles. The standard InChI is InChI=1S/C17H20F6N2O.ClH/c1-3-4-13(25-7-5-24-6-8-25)15-12(17(21,22)23)9-11(16(18,19)20)10-14(15)26-2;/h3,9-10,13,24H,1,4-8H2,2H3;1H/t13-;/m0./s1. The Hall–Kier alpha value is -1.45. The van der Waals surface area contributed by atoms with Gasteiger partial charge in [0.2, 0.25) is 0 Å². The van der Waals surface area contributed by atoms with Crippen molar-refractivity contribution in [1.29, 1.82) is 0 Å². The van der Waals surface area contributed by atoms with Gasteiger partial charge in [-0.2, -0.15) is 26.3 Å². The first-order valence-corrected chi connectivity index (χ1v) is 8.01. The van der Waals surface area contributed by atoms with Crippen LogP contribution >= 0.6 is 12.4 Å². The molecule has 1 aromatic rings. The summed E-state index contributed by atoms with van der Waals surface area (Å²) >= 11 is 0. The van der Waals surface area contributed by atoms with E-state index >= 15 is 0 Å². The molecule has 0 bridgehead atoms. The van der Waals surface area contributed by atoms with Crippen LogP contribution in [0.5, 0.6) is 5.75 Å². The molecule has 0 aliphatic carbocycles. The van der Waals surface area contributed by atoms with E-state index in [-0.39, 0.29) is 30.5 Å². The van der Waals surface area contributed by atoms with Crippen molar-refractivity contribution in [1.82, 2.24) is 10.2 Å². The fraction of sp³-hybridized carbons (Fsp3) is 0.529. The third-order valence-corrected chi connectivity index (χ3v) is 4.31. The van der Waals surface area contributed by atoms with Crippen molar-refractivity contribution < 1.29 is 31.1 Å². The van der Waals surface area contributed by atoms with Crippen LogP contribution in [0.1, 0.15) is 29.2 Å². The van der Waals surface area contributed by atoms with E-state index in [4.69, 9.17) is 4.74 Å². The van der Waals surface area contributed by atoms with Gasteiger partial charge in [-0.15, -0.1) is 19.0 Å². The van der Waals surface area contributed by atoms with E-state index in [9.17, 15) is 26.3 Å². The predicted octanol–water partition coefficient (Wildman–Crippen LogP) is 4.68. The highest BCUT2D eigenvalue weighted by Gasteiger charge is 2.42. The lowest BCUT2D eigenvalue weighted by atomic mass is 9.92. The Balaban J connectivity index is 0.00000364. The Labute approximate surface area is 159 Å². The summed E-state index contributed by atoms with van der Waals surface area (Å²) < 4.78 is 85.0. The summed E-state index contributed by atoms with van der Waals surface area (Å²) in [4.78, 5) is 1.80. The Kier molecular flexibility index (Phi) is 8.00. The maximum absolute atomic E-state index is 13.6. The van der Waals surface area contributed by atoms with Crippen LogP contribution in [0.3, 0.4) is 0 Å². The predicted molar refractivity (Wildman–Crippen MR) is 92.2 cm³/mol. The molecule has 1 heterocycles. The number of ether oxygens (including phenoxy) is 1. The number of rotatable bonds is 5. The van der Waals surface area contributed by atoms with Gasteiger partial charge < -0.3 is 10.1 Å². The maximum atomic E-state index is 13.6. The van der Waals surface area contributed by atoms with Crippen LogP contribution < -0.4 is 10.1 Å². The zero-order chi connectivity index (χ0) is 19.5. The second kappa shape index (κ2) is 9.16. The van der Waals surface area contributed by atoms with Gasteiger partial charge in [0.1, 0.15) is 5.75 Å². The molecule has 0 aromatic heterocycles. The van der Waals surface area contributed by atoms with E-state index in [0.29, 0.717) is 32.2 Å². The molecule has 1 atom stereocenters. The summed E-state index contributed by atoms with van der Waals surface area (Å²) in [5, 5.41) is 3.10. The van der Waals surface area contributed by atoms with E-state index in [1.807, 2.05) is 0 Å². The largest absolute Gasteiger partial charge is 0.496 e. The highest BCUT2D eigenvalue weighted by atomic mass is 35.5. The molecule has 10 heteroatoms. The molecule has 3 nitrogen and oxygen atoms in total. The van der Waals surface area contributed by atoms with Gasteiger partial charge in [0.05, 0.1) is 18.2 Å². The summed E-state index contributed by atoms with van der Waals surface area (Å²) in [5.41, 5.74) is -2.99. The van der Waals surface area contributed by atoms with Crippen molar-refractivity contribution in [2.45, 2.75) is 24.8 Å². The molecule has 1 saturated heterocycles. The molecule has 1 aliphatic heterocycles. The number of nitrogens with zero attached hydrogens (tertiary/aromatic N) is 1. The Bertz CT molecular complexity index is 642. The molecular formula is C17H21ClF6N2O. The minimum absolute atomic E-state index is 0. The van der Waals surface area contributed by atoms with E-state index in [2.05, 4.69) is 11.9 Å². The molecule has 2 rings (SSSR count). The number of hydrogen-bond acceptors (Lipinski definition) is 3. The number of alkyl halides is 6. The number of methoxy groups -OCH3 is 1. The van der Waals surface area contributed by atoms with Crippen molar-refractivity contribution >= 4 is 12.4 Å². The van der Waals surface area contributed by atoms with Crippen LogP contribution in [0.25, 0.3) is 0 Å². The van der Waals surface area contributed by atoms with Gasteiger partial charge in [-0.25, -0.2) is 0 Å². The van der Waals surface area contributed by atoms with Crippen LogP contribution in [0.15, 0.2) is 24.8 Å². The smallest absolute Gasteiger partial charge is 0.416 e. The van der Waals surface area contributed by atoms with Crippen LogP contribution in [-0.4, -0.2) is 38.2 Å². The van der Waals surface area contributed by atoms with Crippen molar-refractivity contribution in [3.05, 3.63) is 41.5 Å². The fourth-order valence-electron chi connectivity index (χ4n) is 3.14. The summed E-state index contributed by atoms with van der Waals surface area (Å²) in [5.74, 6) is -0.419. The van der Waals surface area contributed by atoms with Gasteiger partial charge in [0, 0.05) is 37.8 Å². The van der Waals surface area contributed by atoms with E-state index in [1.54, 1.807) is 4.90 Å². The average molecular weight is 419 g/mol. The molecule has 0 amide bonds. The second-order valence-corrected chi connectivity index (χ2v) is 5.96. The van der Waals surface area contributed by atoms with Crippen molar-refractivity contribution in [2.24, 2.45) is 0 Å². The number of benzene rings is 1. The van der Waals surface area contributed by atoms with Crippen LogP contribution in [0, 0.1) is 0 Å². The van der Waals surface area contributed by atoms with E-state index in [1.165, 1.54) is 6.08 Å². The minimum atomic E-state index is -4.95. The molecule has 0 spiro atoms. The number of piperazine rings is 1. The van der Waals surface area contributed by atoms with Gasteiger partial charge in [0.25, 0.3) is 0 Å². The third-order valence-electron chi connectivity index (χ3n) is 4.31. The lowest BCUT2D eigenvalue weighted by Gasteiger charge is -2.36. The third kappa shape index (κ3) is 5.52. The lowest BCUT2D eigenvalue weighted by Crippen LogP contribution is -2.45. The molecular weight excluding hydrogens is 398 g/mol. The summed E-state index contributed by atoms with van der Waals surface area (Å²) in [6, 6.07) is 0.0161. The van der Waals surface area contributed by atoms with Crippen LogP contribution in [-0.2, 0) is 12.4 Å². The number of halogens is 7. The van der Waals surface area contributed by atoms with Gasteiger partial charge in [-0.05, 0) is 18.6 Å². The van der Waals surface area contributed by atoms with Crippen LogP contribution in [0.2, 0.25) is 0 Å². The summed E-state index contributed by atoms with van der Waals surface area (Å²) in [6.07, 6.45) is -8.24. The normalized spacial score (nSPS) is 17.1. The molecule has 0 radical (unpaired) electrons. The quantitative estimate of drug-likeness (QED) is 0.555. The zero-order valence-electron chi connectivity index (χ0n) is 14.6. The Morgan fingerprint density at radius 3 is 2.19 bits per heavy atom. The minimum Gasteiger partial charge on any atom is -0.496 e. The molecule has 1 N–H and O–H groups in total. The summed E-state index contributed by atoms with van der Waals surface area (Å²) in [6.45, 7) is 5.69. The molecule has 27 heavy (non-hydrogen) atoms. The highest BCUT2D eigenvalue weighted by Crippen LogP contribution is 2.45. The molecule has 154 valence electrons. The first-order valence-electron chi connectivity index (χ1n) is 8.01. The molecule has 1 fully saturated rings. The van der Waals surface area contributed by atoms with Crippen molar-refractivity contribution in [2.75, 3.05) is 33.3 Å². The Morgan fingerprint density at radius 2 is 1.74 bits per heavy atom. The SMILES string of the molecule is C=CC[C@@H](c1c(OC)cc(C(F)(F)F)cc1C(F)(F)F)N1CCNCC1.Cl. The number of hydrogen-bond donors (Lipinski definition) is 1. The summed E-state index contributed by atoms with van der Waals surface area (Å²) in [7, 11) is 1.07. The molecule has 1 aromatic carbocycles. The fourth-order valence-corrected chi connectivity index (χ4v) is 3.14. The van der Waals surface area contributed by atoms with Gasteiger partial charge in [-0.1, -0.05) is 6.08 Å². The average Bonchev–Trinajstić information content (AvgIpc) is 2.57. The topological polar surface area (TPSA) is 24.5 Å². The number of nitrogens with one attached hydrogen (secondary N) is 1. The first kappa shape index (κ1) is 23.6. The Morgan fingerprint density at radius 1 is 1.15 bits per heavy atom. The van der Waals surface area contributed by atoms with Crippen LogP contribution in [0.4, 0.5) is 26.3 Å². The van der Waals surface area contributed by atoms with Crippen molar-refractivity contribution in [3.63, 3.8) is 0 Å². The van der Waals surface area contributed by atoms with Gasteiger partial charge in [-0.3, -0.25) is 4.90 Å². The maximum Gasteiger partial charge on any atom is 0.416 e. The van der Waals surface area contributed by atoms with Gasteiger partial charge >= 0.3 is 12.4 Å². The first-order chi connectivity index (χ1) is 12.1. The monoisotopic (exact) mass is 418 g/mol. The lowest BCUT2D eigenvalue weighted by molar-refractivity contribution is -0.144. The molecule has 1 aliphatic rings. The van der Waals surface area contributed by atoms with E-state index < -0.39 is 35.3 Å². The highest BCUT2D eigenvalue weighted by molar-refractivity contribution is 5.85.